The van der Waals surface area contributed by atoms with Crippen molar-refractivity contribution in [3.63, 3.8) is 0 Å². The van der Waals surface area contributed by atoms with Crippen molar-refractivity contribution in [1.82, 2.24) is 9.97 Å². The minimum atomic E-state index is 0.405. The summed E-state index contributed by atoms with van der Waals surface area (Å²) < 4.78 is 0. The first kappa shape index (κ1) is 11.9. The Morgan fingerprint density at radius 3 is 2.76 bits per heavy atom. The molecule has 1 aromatic carbocycles. The van der Waals surface area contributed by atoms with Gasteiger partial charge in [0.1, 0.15) is 17.2 Å². The molecule has 0 aliphatic heterocycles. The van der Waals surface area contributed by atoms with Crippen LogP contribution in [0, 0.1) is 0 Å². The standard InChI is InChI=1S/C13H14ClN3/c1-10(11-5-3-2-4-6-11)7-16-13-12(14)8-15-9-17-13/h2-6,8-10H,7H2,1H3,(H,15,16,17). The smallest absolute Gasteiger partial charge is 0.148 e. The molecule has 0 saturated heterocycles. The number of nitrogens with zero attached hydrogens (tertiary/aromatic N) is 2. The minimum absolute atomic E-state index is 0.405. The van der Waals surface area contributed by atoms with Crippen LogP contribution in [0.15, 0.2) is 42.9 Å². The normalized spacial score (nSPS) is 12.1. The van der Waals surface area contributed by atoms with Gasteiger partial charge in [0.15, 0.2) is 0 Å². The summed E-state index contributed by atoms with van der Waals surface area (Å²) >= 11 is 5.97. The van der Waals surface area contributed by atoms with Gasteiger partial charge < -0.3 is 5.32 Å². The van der Waals surface area contributed by atoms with Gasteiger partial charge in [-0.15, -0.1) is 0 Å². The predicted molar refractivity (Wildman–Crippen MR) is 70.4 cm³/mol. The van der Waals surface area contributed by atoms with Crippen molar-refractivity contribution in [2.75, 3.05) is 11.9 Å². The van der Waals surface area contributed by atoms with Crippen LogP contribution in [0.5, 0.6) is 0 Å². The van der Waals surface area contributed by atoms with E-state index in [2.05, 4.69) is 34.3 Å². The molecule has 0 bridgehead atoms. The first-order chi connectivity index (χ1) is 8.27. The summed E-state index contributed by atoms with van der Waals surface area (Å²) in [6, 6.07) is 10.3. The number of rotatable bonds is 4. The minimum Gasteiger partial charge on any atom is -0.368 e. The summed E-state index contributed by atoms with van der Waals surface area (Å²) in [6.07, 6.45) is 3.07. The van der Waals surface area contributed by atoms with Gasteiger partial charge in [0.2, 0.25) is 0 Å². The fourth-order valence-corrected chi connectivity index (χ4v) is 1.76. The molecule has 1 aromatic heterocycles. The zero-order chi connectivity index (χ0) is 12.1. The van der Waals surface area contributed by atoms with Crippen LogP contribution in [-0.2, 0) is 0 Å². The van der Waals surface area contributed by atoms with Crippen molar-refractivity contribution in [1.29, 1.82) is 0 Å². The Morgan fingerprint density at radius 1 is 1.29 bits per heavy atom. The number of hydrogen-bond donors (Lipinski definition) is 1. The van der Waals surface area contributed by atoms with E-state index in [9.17, 15) is 0 Å². The van der Waals surface area contributed by atoms with Gasteiger partial charge in [0.05, 0.1) is 6.20 Å². The van der Waals surface area contributed by atoms with Crippen LogP contribution in [0.25, 0.3) is 0 Å². The summed E-state index contributed by atoms with van der Waals surface area (Å²) in [4.78, 5) is 7.94. The molecule has 0 aliphatic carbocycles. The van der Waals surface area contributed by atoms with E-state index in [0.29, 0.717) is 16.8 Å². The van der Waals surface area contributed by atoms with E-state index >= 15 is 0 Å². The summed E-state index contributed by atoms with van der Waals surface area (Å²) in [7, 11) is 0. The molecular weight excluding hydrogens is 234 g/mol. The summed E-state index contributed by atoms with van der Waals surface area (Å²) in [5, 5.41) is 3.78. The predicted octanol–water partition coefficient (Wildman–Crippen LogP) is 3.35. The molecule has 1 atom stereocenters. The second kappa shape index (κ2) is 5.64. The van der Waals surface area contributed by atoms with Crippen molar-refractivity contribution in [3.8, 4) is 0 Å². The molecule has 88 valence electrons. The van der Waals surface area contributed by atoms with E-state index in [4.69, 9.17) is 11.6 Å². The molecule has 1 unspecified atom stereocenters. The Balaban J connectivity index is 1.97. The van der Waals surface area contributed by atoms with Gasteiger partial charge in [-0.3, -0.25) is 0 Å². The van der Waals surface area contributed by atoms with E-state index in [1.807, 2.05) is 18.2 Å². The van der Waals surface area contributed by atoms with Crippen molar-refractivity contribution in [2.45, 2.75) is 12.8 Å². The highest BCUT2D eigenvalue weighted by molar-refractivity contribution is 6.32. The number of hydrogen-bond acceptors (Lipinski definition) is 3. The van der Waals surface area contributed by atoms with Crippen molar-refractivity contribution >= 4 is 17.4 Å². The summed E-state index contributed by atoms with van der Waals surface area (Å²) in [6.45, 7) is 2.96. The summed E-state index contributed by atoms with van der Waals surface area (Å²) in [5.74, 6) is 1.09. The largest absolute Gasteiger partial charge is 0.368 e. The van der Waals surface area contributed by atoms with Gasteiger partial charge in [-0.25, -0.2) is 9.97 Å². The zero-order valence-electron chi connectivity index (χ0n) is 9.60. The van der Waals surface area contributed by atoms with Gasteiger partial charge in [0, 0.05) is 6.54 Å². The van der Waals surface area contributed by atoms with Crippen molar-refractivity contribution in [2.24, 2.45) is 0 Å². The molecule has 0 amide bonds. The van der Waals surface area contributed by atoms with Gasteiger partial charge in [-0.05, 0) is 11.5 Å². The van der Waals surface area contributed by atoms with Gasteiger partial charge in [0.25, 0.3) is 0 Å². The molecule has 0 radical (unpaired) electrons. The van der Waals surface area contributed by atoms with Gasteiger partial charge in [-0.2, -0.15) is 0 Å². The Hall–Kier alpha value is -1.61. The van der Waals surface area contributed by atoms with Crippen LogP contribution < -0.4 is 5.32 Å². The number of anilines is 1. The maximum Gasteiger partial charge on any atom is 0.148 e. The zero-order valence-corrected chi connectivity index (χ0v) is 10.4. The Kier molecular flexibility index (Phi) is 3.94. The van der Waals surface area contributed by atoms with Crippen molar-refractivity contribution < 1.29 is 0 Å². The molecule has 2 rings (SSSR count). The first-order valence-corrected chi connectivity index (χ1v) is 5.89. The quantitative estimate of drug-likeness (QED) is 0.901. The van der Waals surface area contributed by atoms with E-state index in [1.165, 1.54) is 11.9 Å². The second-order valence-electron chi connectivity index (χ2n) is 3.91. The lowest BCUT2D eigenvalue weighted by molar-refractivity contribution is 0.801. The molecule has 2 aromatic rings. The lowest BCUT2D eigenvalue weighted by Crippen LogP contribution is -2.11. The average Bonchev–Trinajstić information content (AvgIpc) is 2.38. The third kappa shape index (κ3) is 3.17. The van der Waals surface area contributed by atoms with E-state index in [1.54, 1.807) is 6.20 Å². The molecule has 1 heterocycles. The van der Waals surface area contributed by atoms with Crippen LogP contribution in [0.2, 0.25) is 5.02 Å². The fraction of sp³-hybridized carbons (Fsp3) is 0.231. The number of aromatic nitrogens is 2. The molecule has 3 nitrogen and oxygen atoms in total. The van der Waals surface area contributed by atoms with Crippen LogP contribution in [-0.4, -0.2) is 16.5 Å². The maximum absolute atomic E-state index is 5.97. The number of nitrogens with one attached hydrogen (secondary N) is 1. The lowest BCUT2D eigenvalue weighted by Gasteiger charge is -2.13. The van der Waals surface area contributed by atoms with Crippen molar-refractivity contribution in [3.05, 3.63) is 53.4 Å². The highest BCUT2D eigenvalue weighted by Gasteiger charge is 2.06. The van der Waals surface area contributed by atoms with Crippen LogP contribution in [0.4, 0.5) is 5.82 Å². The first-order valence-electron chi connectivity index (χ1n) is 5.51. The Bertz CT molecular complexity index is 473. The molecule has 0 fully saturated rings. The van der Waals surface area contributed by atoms with E-state index < -0.39 is 0 Å². The molecular formula is C13H14ClN3. The molecule has 1 N–H and O–H groups in total. The topological polar surface area (TPSA) is 37.8 Å². The highest BCUT2D eigenvalue weighted by Crippen LogP contribution is 2.19. The van der Waals surface area contributed by atoms with E-state index in [-0.39, 0.29) is 0 Å². The monoisotopic (exact) mass is 247 g/mol. The highest BCUT2D eigenvalue weighted by atomic mass is 35.5. The molecule has 0 saturated carbocycles. The molecule has 4 heteroatoms. The van der Waals surface area contributed by atoms with Gasteiger partial charge in [-0.1, -0.05) is 48.9 Å². The number of benzene rings is 1. The van der Waals surface area contributed by atoms with Crippen LogP contribution in [0.3, 0.4) is 0 Å². The second-order valence-corrected chi connectivity index (χ2v) is 4.32. The third-order valence-electron chi connectivity index (χ3n) is 2.61. The average molecular weight is 248 g/mol. The van der Waals surface area contributed by atoms with Crippen LogP contribution in [0.1, 0.15) is 18.4 Å². The van der Waals surface area contributed by atoms with E-state index in [0.717, 1.165) is 6.54 Å². The number of halogens is 1. The SMILES string of the molecule is CC(CNc1ncncc1Cl)c1ccccc1. The summed E-state index contributed by atoms with van der Waals surface area (Å²) in [5.41, 5.74) is 1.30. The lowest BCUT2D eigenvalue weighted by atomic mass is 10.0. The maximum atomic E-state index is 5.97. The Morgan fingerprint density at radius 2 is 2.06 bits per heavy atom. The molecule has 17 heavy (non-hydrogen) atoms. The van der Waals surface area contributed by atoms with Crippen LogP contribution >= 0.6 is 11.6 Å². The molecule has 0 spiro atoms. The third-order valence-corrected chi connectivity index (χ3v) is 2.89. The Labute approximate surface area is 106 Å². The molecule has 0 aliphatic rings. The fourth-order valence-electron chi connectivity index (χ4n) is 1.59. The van der Waals surface area contributed by atoms with Gasteiger partial charge >= 0.3 is 0 Å².